The molecule has 1 aromatic carbocycles. The third-order valence-corrected chi connectivity index (χ3v) is 5.79. The van der Waals surface area contributed by atoms with Gasteiger partial charge in [0, 0.05) is 19.6 Å². The second-order valence-electron chi connectivity index (χ2n) is 5.90. The standard InChI is InChI=1S/C15H21N3O4S/c1-18(13-4-5-16-7-13)15(19)8-17-23(20,21)14-3-2-11-9-22-10-12(11)6-14/h2-3,6,13,16-17H,4-5,7-10H2,1H3. The fourth-order valence-electron chi connectivity index (χ4n) is 2.85. The van der Waals surface area contributed by atoms with Crippen LogP contribution in [0.2, 0.25) is 0 Å². The van der Waals surface area contributed by atoms with Gasteiger partial charge in [0.25, 0.3) is 0 Å². The molecule has 0 spiro atoms. The smallest absolute Gasteiger partial charge is 0.241 e. The van der Waals surface area contributed by atoms with Crippen LogP contribution >= 0.6 is 0 Å². The minimum absolute atomic E-state index is 0.129. The zero-order chi connectivity index (χ0) is 16.4. The van der Waals surface area contributed by atoms with Gasteiger partial charge in [-0.3, -0.25) is 4.79 Å². The minimum atomic E-state index is -3.70. The maximum absolute atomic E-state index is 12.3. The number of hydrogen-bond donors (Lipinski definition) is 2. The Balaban J connectivity index is 1.63. The van der Waals surface area contributed by atoms with Crippen molar-refractivity contribution >= 4 is 15.9 Å². The highest BCUT2D eigenvalue weighted by Crippen LogP contribution is 2.22. The lowest BCUT2D eigenvalue weighted by Gasteiger charge is -2.23. The van der Waals surface area contributed by atoms with Crippen molar-refractivity contribution in [2.75, 3.05) is 26.7 Å². The first kappa shape index (κ1) is 16.4. The Bertz CT molecular complexity index is 699. The number of rotatable bonds is 5. The van der Waals surface area contributed by atoms with E-state index in [1.165, 1.54) is 0 Å². The van der Waals surface area contributed by atoms with Gasteiger partial charge in [0.2, 0.25) is 15.9 Å². The number of nitrogens with zero attached hydrogens (tertiary/aromatic N) is 1. The van der Waals surface area contributed by atoms with Gasteiger partial charge in [0.15, 0.2) is 0 Å². The number of likely N-dealkylation sites (N-methyl/N-ethyl adjacent to an activating group) is 1. The van der Waals surface area contributed by atoms with Gasteiger partial charge in [0.05, 0.1) is 24.7 Å². The second-order valence-corrected chi connectivity index (χ2v) is 7.67. The third kappa shape index (κ3) is 3.55. The van der Waals surface area contributed by atoms with Gasteiger partial charge in [-0.1, -0.05) is 6.07 Å². The van der Waals surface area contributed by atoms with Crippen molar-refractivity contribution in [1.82, 2.24) is 14.9 Å². The Labute approximate surface area is 136 Å². The maximum Gasteiger partial charge on any atom is 0.241 e. The number of carbonyl (C=O) groups excluding carboxylic acids is 1. The summed E-state index contributed by atoms with van der Waals surface area (Å²) in [7, 11) is -1.99. The van der Waals surface area contributed by atoms with E-state index >= 15 is 0 Å². The van der Waals surface area contributed by atoms with E-state index in [1.807, 2.05) is 0 Å². The summed E-state index contributed by atoms with van der Waals surface area (Å²) < 4.78 is 32.4. The molecule has 2 N–H and O–H groups in total. The number of amides is 1. The number of hydrogen-bond acceptors (Lipinski definition) is 5. The van der Waals surface area contributed by atoms with E-state index in [1.54, 1.807) is 30.1 Å². The Morgan fingerprint density at radius 3 is 2.91 bits per heavy atom. The molecule has 0 bridgehead atoms. The van der Waals surface area contributed by atoms with Crippen LogP contribution in [-0.4, -0.2) is 51.9 Å². The average molecular weight is 339 g/mol. The molecular weight excluding hydrogens is 318 g/mol. The van der Waals surface area contributed by atoms with Crippen LogP contribution < -0.4 is 10.0 Å². The summed E-state index contributed by atoms with van der Waals surface area (Å²) in [5, 5.41) is 3.19. The molecule has 1 fully saturated rings. The van der Waals surface area contributed by atoms with Crippen LogP contribution in [0.25, 0.3) is 0 Å². The van der Waals surface area contributed by atoms with Crippen LogP contribution in [0, 0.1) is 0 Å². The van der Waals surface area contributed by atoms with Gasteiger partial charge >= 0.3 is 0 Å². The van der Waals surface area contributed by atoms with Gasteiger partial charge < -0.3 is 15.0 Å². The van der Waals surface area contributed by atoms with Crippen molar-refractivity contribution in [2.45, 2.75) is 30.6 Å². The molecule has 0 aliphatic carbocycles. The van der Waals surface area contributed by atoms with Crippen LogP contribution in [0.5, 0.6) is 0 Å². The first-order valence-corrected chi connectivity index (χ1v) is 9.11. The van der Waals surface area contributed by atoms with Gasteiger partial charge in [-0.2, -0.15) is 0 Å². The summed E-state index contributed by atoms with van der Waals surface area (Å²) in [6.45, 7) is 2.34. The molecule has 126 valence electrons. The first-order chi connectivity index (χ1) is 11.0. The van der Waals surface area contributed by atoms with Gasteiger partial charge in [-0.25, -0.2) is 13.1 Å². The van der Waals surface area contributed by atoms with Crippen LogP contribution in [0.15, 0.2) is 23.1 Å². The molecule has 8 heteroatoms. The highest BCUT2D eigenvalue weighted by atomic mass is 32.2. The number of sulfonamides is 1. The lowest BCUT2D eigenvalue weighted by atomic mass is 10.1. The molecule has 1 aromatic rings. The molecule has 0 radical (unpaired) electrons. The molecule has 0 saturated carbocycles. The van der Waals surface area contributed by atoms with Crippen molar-refractivity contribution in [3.8, 4) is 0 Å². The zero-order valence-electron chi connectivity index (χ0n) is 13.0. The molecule has 1 amide bonds. The SMILES string of the molecule is CN(C(=O)CNS(=O)(=O)c1ccc2c(c1)COC2)C1CCNC1. The lowest BCUT2D eigenvalue weighted by molar-refractivity contribution is -0.130. The summed E-state index contributed by atoms with van der Waals surface area (Å²) in [5.74, 6) is -0.230. The summed E-state index contributed by atoms with van der Waals surface area (Å²) in [4.78, 5) is 13.9. The average Bonchev–Trinajstić information content (AvgIpc) is 3.22. The summed E-state index contributed by atoms with van der Waals surface area (Å²) in [6, 6.07) is 5.05. The molecule has 1 saturated heterocycles. The fourth-order valence-corrected chi connectivity index (χ4v) is 3.88. The largest absolute Gasteiger partial charge is 0.372 e. The molecule has 1 unspecified atom stereocenters. The van der Waals surface area contributed by atoms with E-state index in [0.717, 1.165) is 30.6 Å². The van der Waals surface area contributed by atoms with Crippen molar-refractivity contribution in [2.24, 2.45) is 0 Å². The third-order valence-electron chi connectivity index (χ3n) is 4.39. The van der Waals surface area contributed by atoms with Gasteiger partial charge in [0.1, 0.15) is 0 Å². The van der Waals surface area contributed by atoms with E-state index in [9.17, 15) is 13.2 Å². The van der Waals surface area contributed by atoms with Gasteiger partial charge in [-0.15, -0.1) is 0 Å². The molecular formula is C15H21N3O4S. The van der Waals surface area contributed by atoms with Crippen molar-refractivity contribution in [1.29, 1.82) is 0 Å². The molecule has 3 rings (SSSR count). The van der Waals surface area contributed by atoms with Crippen LogP contribution in [-0.2, 0) is 32.8 Å². The number of fused-ring (bicyclic) bond motifs is 1. The Morgan fingerprint density at radius 1 is 1.39 bits per heavy atom. The van der Waals surface area contributed by atoms with E-state index in [0.29, 0.717) is 13.2 Å². The van der Waals surface area contributed by atoms with E-state index < -0.39 is 10.0 Å². The zero-order valence-corrected chi connectivity index (χ0v) is 13.9. The van der Waals surface area contributed by atoms with E-state index in [4.69, 9.17) is 4.74 Å². The van der Waals surface area contributed by atoms with Crippen molar-refractivity contribution in [3.05, 3.63) is 29.3 Å². The van der Waals surface area contributed by atoms with Crippen LogP contribution in [0.4, 0.5) is 0 Å². The summed E-state index contributed by atoms with van der Waals surface area (Å²) in [6.07, 6.45) is 0.889. The Morgan fingerprint density at radius 2 is 2.17 bits per heavy atom. The van der Waals surface area contributed by atoms with Crippen LogP contribution in [0.1, 0.15) is 17.5 Å². The highest BCUT2D eigenvalue weighted by Gasteiger charge is 2.25. The molecule has 7 nitrogen and oxygen atoms in total. The molecule has 2 aliphatic heterocycles. The number of benzene rings is 1. The summed E-state index contributed by atoms with van der Waals surface area (Å²) in [5.41, 5.74) is 1.89. The number of ether oxygens (including phenoxy) is 1. The normalized spacial score (nSPS) is 20.5. The maximum atomic E-state index is 12.3. The summed E-state index contributed by atoms with van der Waals surface area (Å²) >= 11 is 0. The molecule has 0 aromatic heterocycles. The lowest BCUT2D eigenvalue weighted by Crippen LogP contribution is -2.44. The number of carbonyl (C=O) groups is 1. The predicted octanol–water partition coefficient (Wildman–Crippen LogP) is -0.185. The number of nitrogens with one attached hydrogen (secondary N) is 2. The minimum Gasteiger partial charge on any atom is -0.372 e. The monoisotopic (exact) mass is 339 g/mol. The Hall–Kier alpha value is -1.48. The van der Waals surface area contributed by atoms with Crippen molar-refractivity contribution < 1.29 is 17.9 Å². The topological polar surface area (TPSA) is 87.7 Å². The fraction of sp³-hybridized carbons (Fsp3) is 0.533. The molecule has 1 atom stereocenters. The second kappa shape index (κ2) is 6.56. The van der Waals surface area contributed by atoms with Gasteiger partial charge in [-0.05, 0) is 36.2 Å². The van der Waals surface area contributed by atoms with E-state index in [2.05, 4.69) is 10.0 Å². The quantitative estimate of drug-likeness (QED) is 0.777. The molecule has 23 heavy (non-hydrogen) atoms. The predicted molar refractivity (Wildman–Crippen MR) is 84.2 cm³/mol. The van der Waals surface area contributed by atoms with Crippen molar-refractivity contribution in [3.63, 3.8) is 0 Å². The Kier molecular flexibility index (Phi) is 4.67. The first-order valence-electron chi connectivity index (χ1n) is 7.63. The highest BCUT2D eigenvalue weighted by molar-refractivity contribution is 7.89. The van der Waals surface area contributed by atoms with Crippen LogP contribution in [0.3, 0.4) is 0 Å². The molecule has 2 heterocycles. The molecule has 2 aliphatic rings. The van der Waals surface area contributed by atoms with E-state index in [-0.39, 0.29) is 23.4 Å².